The molecule has 0 unspecified atom stereocenters. The summed E-state index contributed by atoms with van der Waals surface area (Å²) in [5.74, 6) is 0.0760. The predicted octanol–water partition coefficient (Wildman–Crippen LogP) is 5.44. The van der Waals surface area contributed by atoms with Crippen LogP contribution in [-0.4, -0.2) is 23.9 Å². The molecular weight excluding hydrogens is 328 g/mol. The van der Waals surface area contributed by atoms with E-state index in [1.54, 1.807) is 11.3 Å². The van der Waals surface area contributed by atoms with Crippen LogP contribution in [0.2, 0.25) is 0 Å². The van der Waals surface area contributed by atoms with E-state index in [2.05, 4.69) is 52.8 Å². The van der Waals surface area contributed by atoms with Gasteiger partial charge in [0.15, 0.2) is 0 Å². The van der Waals surface area contributed by atoms with Crippen LogP contribution in [0.4, 0.5) is 5.00 Å². The molecule has 0 radical (unpaired) electrons. The summed E-state index contributed by atoms with van der Waals surface area (Å²) in [6.45, 7) is 12.1. The number of amides is 1. The highest BCUT2D eigenvalue weighted by Crippen LogP contribution is 2.41. The van der Waals surface area contributed by atoms with E-state index >= 15 is 0 Å². The van der Waals surface area contributed by atoms with Crippen LogP contribution in [0.15, 0.2) is 18.2 Å². The van der Waals surface area contributed by atoms with Crippen LogP contribution in [0.1, 0.15) is 60.0 Å². The second kappa shape index (κ2) is 8.52. The van der Waals surface area contributed by atoms with Gasteiger partial charge in [0.2, 0.25) is 0 Å². The summed E-state index contributed by atoms with van der Waals surface area (Å²) >= 11 is 1.56. The first-order chi connectivity index (χ1) is 11.9. The van der Waals surface area contributed by atoms with E-state index in [1.165, 1.54) is 16.0 Å². The molecule has 0 fully saturated rings. The molecule has 0 bridgehead atoms. The molecule has 1 aromatic heterocycles. The van der Waals surface area contributed by atoms with Crippen LogP contribution in [0.5, 0.6) is 0 Å². The number of benzene rings is 1. The zero-order valence-electron chi connectivity index (χ0n) is 16.1. The maximum atomic E-state index is 13.3. The molecule has 0 saturated carbocycles. The molecule has 1 heterocycles. The third kappa shape index (κ3) is 4.06. The largest absolute Gasteiger partial charge is 0.390 e. The van der Waals surface area contributed by atoms with Crippen molar-refractivity contribution in [3.05, 3.63) is 39.8 Å². The van der Waals surface area contributed by atoms with Crippen LogP contribution >= 0.6 is 11.3 Å². The van der Waals surface area contributed by atoms with Crippen molar-refractivity contribution in [1.82, 2.24) is 4.90 Å². The molecule has 0 aliphatic carbocycles. The van der Waals surface area contributed by atoms with E-state index in [-0.39, 0.29) is 5.91 Å². The second-order valence-electron chi connectivity index (χ2n) is 6.60. The lowest BCUT2D eigenvalue weighted by molar-refractivity contribution is 0.0758. The highest BCUT2D eigenvalue weighted by molar-refractivity contribution is 7.17. The van der Waals surface area contributed by atoms with Crippen LogP contribution in [0.3, 0.4) is 0 Å². The molecule has 3 nitrogen and oxygen atoms in total. The van der Waals surface area contributed by atoms with E-state index < -0.39 is 0 Å². The van der Waals surface area contributed by atoms with Crippen molar-refractivity contribution < 1.29 is 4.79 Å². The van der Waals surface area contributed by atoms with Crippen LogP contribution in [-0.2, 0) is 6.42 Å². The normalized spacial score (nSPS) is 10.9. The lowest BCUT2D eigenvalue weighted by Gasteiger charge is -2.22. The number of nitrogens with two attached hydrogens (primary N) is 1. The Morgan fingerprint density at radius 3 is 2.28 bits per heavy atom. The minimum atomic E-state index is 0.0760. The maximum Gasteiger partial charge on any atom is 0.257 e. The minimum absolute atomic E-state index is 0.0760. The average molecular weight is 359 g/mol. The van der Waals surface area contributed by atoms with Gasteiger partial charge >= 0.3 is 0 Å². The molecule has 2 aromatic rings. The number of carbonyl (C=O) groups is 1. The van der Waals surface area contributed by atoms with Crippen molar-refractivity contribution in [2.45, 2.75) is 53.9 Å². The third-order valence-electron chi connectivity index (χ3n) is 4.47. The van der Waals surface area contributed by atoms with Crippen molar-refractivity contribution in [1.29, 1.82) is 0 Å². The van der Waals surface area contributed by atoms with Gasteiger partial charge < -0.3 is 10.6 Å². The zero-order chi connectivity index (χ0) is 18.6. The van der Waals surface area contributed by atoms with Crippen molar-refractivity contribution >= 4 is 22.2 Å². The summed E-state index contributed by atoms with van der Waals surface area (Å²) in [6.07, 6.45) is 2.79. The number of thiophene rings is 1. The molecular formula is C21H30N2OS. The average Bonchev–Trinajstić information content (AvgIpc) is 2.90. The van der Waals surface area contributed by atoms with Crippen LogP contribution in [0, 0.1) is 13.8 Å². The number of anilines is 1. The molecule has 0 aliphatic rings. The van der Waals surface area contributed by atoms with E-state index in [0.717, 1.165) is 43.5 Å². The predicted molar refractivity (Wildman–Crippen MR) is 110 cm³/mol. The van der Waals surface area contributed by atoms with Gasteiger partial charge in [-0.05, 0) is 44.2 Å². The first-order valence-electron chi connectivity index (χ1n) is 9.22. The minimum Gasteiger partial charge on any atom is -0.390 e. The van der Waals surface area contributed by atoms with Crippen LogP contribution < -0.4 is 5.73 Å². The molecule has 1 aromatic carbocycles. The highest BCUT2D eigenvalue weighted by Gasteiger charge is 2.26. The quantitative estimate of drug-likeness (QED) is 0.716. The number of carbonyl (C=O) groups excluding carboxylic acids is 1. The standard InChI is InChI=1S/C21H30N2OS/c1-6-11-23(12-7-2)21(24)19-18(17(8-3)25-20(19)22)16-10-9-14(4)13-15(16)5/h9-10,13H,6-8,11-12,22H2,1-5H3. The molecule has 1 amide bonds. The number of nitrogen functional groups attached to an aromatic ring is 1. The van der Waals surface area contributed by atoms with Gasteiger partial charge in [-0.15, -0.1) is 11.3 Å². The fraction of sp³-hybridized carbons (Fsp3) is 0.476. The fourth-order valence-electron chi connectivity index (χ4n) is 3.35. The number of hydrogen-bond donors (Lipinski definition) is 1. The molecule has 25 heavy (non-hydrogen) atoms. The molecule has 0 saturated heterocycles. The van der Waals surface area contributed by atoms with Gasteiger partial charge in [-0.25, -0.2) is 0 Å². The van der Waals surface area contributed by atoms with Crippen molar-refractivity contribution in [2.24, 2.45) is 0 Å². The Hall–Kier alpha value is -1.81. The number of aryl methyl sites for hydroxylation is 3. The molecule has 2 rings (SSSR count). The van der Waals surface area contributed by atoms with E-state index in [1.807, 2.05) is 4.90 Å². The molecule has 136 valence electrons. The van der Waals surface area contributed by atoms with Gasteiger partial charge in [0.1, 0.15) is 0 Å². The van der Waals surface area contributed by atoms with Crippen molar-refractivity contribution in [2.75, 3.05) is 18.8 Å². The Kier molecular flexibility index (Phi) is 6.65. The van der Waals surface area contributed by atoms with E-state index in [0.29, 0.717) is 10.6 Å². The molecule has 2 N–H and O–H groups in total. The summed E-state index contributed by atoms with van der Waals surface area (Å²) in [5, 5.41) is 0.647. The molecule has 4 heteroatoms. The highest BCUT2D eigenvalue weighted by atomic mass is 32.1. The lowest BCUT2D eigenvalue weighted by Crippen LogP contribution is -2.33. The van der Waals surface area contributed by atoms with Crippen molar-refractivity contribution in [3.8, 4) is 11.1 Å². The first-order valence-corrected chi connectivity index (χ1v) is 10.0. The van der Waals surface area contributed by atoms with Crippen molar-refractivity contribution in [3.63, 3.8) is 0 Å². The first kappa shape index (κ1) is 19.5. The van der Waals surface area contributed by atoms with Gasteiger partial charge in [0.25, 0.3) is 5.91 Å². The van der Waals surface area contributed by atoms with E-state index in [9.17, 15) is 4.79 Å². The Bertz CT molecular complexity index is 743. The van der Waals surface area contributed by atoms with Gasteiger partial charge in [-0.3, -0.25) is 4.79 Å². The summed E-state index contributed by atoms with van der Waals surface area (Å²) < 4.78 is 0. The fourth-order valence-corrected chi connectivity index (χ4v) is 4.37. The monoisotopic (exact) mass is 358 g/mol. The SMILES string of the molecule is CCCN(CCC)C(=O)c1c(N)sc(CC)c1-c1ccc(C)cc1C. The second-order valence-corrected chi connectivity index (χ2v) is 7.74. The van der Waals surface area contributed by atoms with E-state index in [4.69, 9.17) is 5.73 Å². The summed E-state index contributed by atoms with van der Waals surface area (Å²) in [4.78, 5) is 16.4. The molecule has 0 atom stereocenters. The molecule has 0 aliphatic heterocycles. The van der Waals surface area contributed by atoms with Gasteiger partial charge in [-0.2, -0.15) is 0 Å². The third-order valence-corrected chi connectivity index (χ3v) is 5.63. The number of nitrogens with zero attached hydrogens (tertiary/aromatic N) is 1. The Labute approximate surface area is 155 Å². The van der Waals surface area contributed by atoms with Gasteiger partial charge in [0, 0.05) is 23.5 Å². The zero-order valence-corrected chi connectivity index (χ0v) is 16.9. The lowest BCUT2D eigenvalue weighted by atomic mass is 9.94. The topological polar surface area (TPSA) is 46.3 Å². The maximum absolute atomic E-state index is 13.3. The van der Waals surface area contributed by atoms with Crippen LogP contribution in [0.25, 0.3) is 11.1 Å². The van der Waals surface area contributed by atoms with Gasteiger partial charge in [0.05, 0.1) is 10.6 Å². The summed E-state index contributed by atoms with van der Waals surface area (Å²) in [6, 6.07) is 6.42. The Morgan fingerprint density at radius 2 is 1.76 bits per heavy atom. The van der Waals surface area contributed by atoms with Gasteiger partial charge in [-0.1, -0.05) is 44.5 Å². The summed E-state index contributed by atoms with van der Waals surface area (Å²) in [7, 11) is 0. The number of hydrogen-bond acceptors (Lipinski definition) is 3. The molecule has 0 spiro atoms. The number of rotatable bonds is 7. The Balaban J connectivity index is 2.62. The smallest absolute Gasteiger partial charge is 0.257 e. The summed E-state index contributed by atoms with van der Waals surface area (Å²) in [5.41, 5.74) is 11.6. The Morgan fingerprint density at radius 1 is 1.12 bits per heavy atom.